The van der Waals surface area contributed by atoms with E-state index in [9.17, 15) is 9.59 Å². The van der Waals surface area contributed by atoms with Crippen LogP contribution in [-0.4, -0.2) is 56.0 Å². The van der Waals surface area contributed by atoms with Crippen molar-refractivity contribution in [3.8, 4) is 5.75 Å². The zero-order chi connectivity index (χ0) is 15.5. The third kappa shape index (κ3) is 4.16. The number of halogens is 2. The number of hydrogen-bond donors (Lipinski definition) is 1. The quantitative estimate of drug-likeness (QED) is 0.810. The van der Waals surface area contributed by atoms with Crippen LogP contribution >= 0.6 is 28.3 Å². The van der Waals surface area contributed by atoms with Gasteiger partial charge in [0.15, 0.2) is 6.61 Å². The van der Waals surface area contributed by atoms with Crippen molar-refractivity contribution in [3.05, 3.63) is 22.7 Å². The van der Waals surface area contributed by atoms with Gasteiger partial charge in [-0.2, -0.15) is 0 Å². The predicted molar refractivity (Wildman–Crippen MR) is 93.3 cm³/mol. The fourth-order valence-electron chi connectivity index (χ4n) is 2.68. The molecule has 23 heavy (non-hydrogen) atoms. The van der Waals surface area contributed by atoms with Crippen molar-refractivity contribution in [1.29, 1.82) is 0 Å². The summed E-state index contributed by atoms with van der Waals surface area (Å²) in [7, 11) is 0. The zero-order valence-corrected chi connectivity index (χ0v) is 15.0. The molecule has 1 N–H and O–H groups in total. The van der Waals surface area contributed by atoms with Crippen LogP contribution in [0, 0.1) is 0 Å². The van der Waals surface area contributed by atoms with Crippen LogP contribution < -0.4 is 15.0 Å². The SMILES string of the molecule is Cl.O=C(CN1C(=O)COc2cc(Br)ccc21)N1CCCNCC1. The Hall–Kier alpha value is -1.31. The Balaban J connectivity index is 0.00000192. The van der Waals surface area contributed by atoms with Crippen molar-refractivity contribution in [1.82, 2.24) is 10.2 Å². The number of amides is 2. The molecule has 126 valence electrons. The Bertz CT molecular complexity index is 591. The molecule has 1 saturated heterocycles. The third-order valence-electron chi connectivity index (χ3n) is 3.85. The summed E-state index contributed by atoms with van der Waals surface area (Å²) in [5, 5.41) is 3.27. The van der Waals surface area contributed by atoms with Crippen LogP contribution in [0.3, 0.4) is 0 Å². The van der Waals surface area contributed by atoms with Crippen molar-refractivity contribution in [2.45, 2.75) is 6.42 Å². The summed E-state index contributed by atoms with van der Waals surface area (Å²) in [6.45, 7) is 3.18. The average molecular weight is 405 g/mol. The molecule has 2 aliphatic heterocycles. The highest BCUT2D eigenvalue weighted by Gasteiger charge is 2.29. The number of ether oxygens (including phenoxy) is 1. The highest BCUT2D eigenvalue weighted by atomic mass is 79.9. The van der Waals surface area contributed by atoms with E-state index in [-0.39, 0.29) is 37.4 Å². The fourth-order valence-corrected chi connectivity index (χ4v) is 3.02. The first-order valence-electron chi connectivity index (χ1n) is 7.36. The standard InChI is InChI=1S/C15H18BrN3O3.ClH/c16-11-2-3-12-13(8-11)22-10-15(21)19(12)9-14(20)18-6-1-4-17-5-7-18;/h2-3,8,17H,1,4-7,9-10H2;1H. The summed E-state index contributed by atoms with van der Waals surface area (Å²) < 4.78 is 6.32. The molecule has 3 rings (SSSR count). The van der Waals surface area contributed by atoms with Gasteiger partial charge in [0.2, 0.25) is 5.91 Å². The van der Waals surface area contributed by atoms with E-state index in [4.69, 9.17) is 4.74 Å². The molecule has 6 nitrogen and oxygen atoms in total. The van der Waals surface area contributed by atoms with Crippen LogP contribution in [0.4, 0.5) is 5.69 Å². The van der Waals surface area contributed by atoms with E-state index in [0.29, 0.717) is 18.0 Å². The van der Waals surface area contributed by atoms with Crippen molar-refractivity contribution < 1.29 is 14.3 Å². The number of nitrogens with one attached hydrogen (secondary N) is 1. The van der Waals surface area contributed by atoms with E-state index in [1.807, 2.05) is 17.0 Å². The van der Waals surface area contributed by atoms with Gasteiger partial charge in [-0.15, -0.1) is 12.4 Å². The van der Waals surface area contributed by atoms with Crippen LogP contribution in [0.5, 0.6) is 5.75 Å². The lowest BCUT2D eigenvalue weighted by molar-refractivity contribution is -0.131. The number of anilines is 1. The van der Waals surface area contributed by atoms with Crippen LogP contribution in [0.25, 0.3) is 0 Å². The molecule has 0 spiro atoms. The van der Waals surface area contributed by atoms with Gasteiger partial charge in [-0.1, -0.05) is 15.9 Å². The Kier molecular flexibility index (Phi) is 6.26. The Morgan fingerprint density at radius 3 is 2.96 bits per heavy atom. The maximum absolute atomic E-state index is 12.5. The minimum atomic E-state index is -0.184. The molecular formula is C15H19BrClN3O3. The molecular weight excluding hydrogens is 386 g/mol. The predicted octanol–water partition coefficient (Wildman–Crippen LogP) is 1.42. The third-order valence-corrected chi connectivity index (χ3v) is 4.34. The van der Waals surface area contributed by atoms with Gasteiger partial charge in [0.1, 0.15) is 12.3 Å². The van der Waals surface area contributed by atoms with Gasteiger partial charge >= 0.3 is 0 Å². The first kappa shape index (κ1) is 18.0. The fraction of sp³-hybridized carbons (Fsp3) is 0.467. The van der Waals surface area contributed by atoms with E-state index in [0.717, 1.165) is 30.5 Å². The van der Waals surface area contributed by atoms with Crippen molar-refractivity contribution in [3.63, 3.8) is 0 Å². The van der Waals surface area contributed by atoms with Gasteiger partial charge in [-0.3, -0.25) is 14.5 Å². The van der Waals surface area contributed by atoms with E-state index < -0.39 is 0 Å². The Morgan fingerprint density at radius 2 is 2.13 bits per heavy atom. The summed E-state index contributed by atoms with van der Waals surface area (Å²) in [4.78, 5) is 28.0. The van der Waals surface area contributed by atoms with Crippen molar-refractivity contribution in [2.75, 3.05) is 44.2 Å². The molecule has 0 saturated carbocycles. The van der Waals surface area contributed by atoms with E-state index in [1.54, 1.807) is 6.07 Å². The monoisotopic (exact) mass is 403 g/mol. The molecule has 0 radical (unpaired) electrons. The highest BCUT2D eigenvalue weighted by Crippen LogP contribution is 2.34. The molecule has 1 aromatic carbocycles. The van der Waals surface area contributed by atoms with E-state index >= 15 is 0 Å². The van der Waals surface area contributed by atoms with Crippen LogP contribution in [0.15, 0.2) is 22.7 Å². The summed E-state index contributed by atoms with van der Waals surface area (Å²) in [5.74, 6) is 0.420. The lowest BCUT2D eigenvalue weighted by Gasteiger charge is -2.31. The number of hydrogen-bond acceptors (Lipinski definition) is 4. The number of carbonyl (C=O) groups excluding carboxylic acids is 2. The molecule has 2 amide bonds. The van der Waals surface area contributed by atoms with Gasteiger partial charge in [-0.05, 0) is 31.2 Å². The normalized spacial score (nSPS) is 17.7. The molecule has 8 heteroatoms. The Morgan fingerprint density at radius 1 is 1.30 bits per heavy atom. The second-order valence-corrected chi connectivity index (χ2v) is 6.28. The molecule has 2 aliphatic rings. The first-order valence-corrected chi connectivity index (χ1v) is 8.15. The lowest BCUT2D eigenvalue weighted by Crippen LogP contribution is -2.47. The van der Waals surface area contributed by atoms with Gasteiger partial charge in [0.25, 0.3) is 5.91 Å². The zero-order valence-electron chi connectivity index (χ0n) is 12.6. The number of carbonyl (C=O) groups is 2. The maximum Gasteiger partial charge on any atom is 0.265 e. The highest BCUT2D eigenvalue weighted by molar-refractivity contribution is 9.10. The lowest BCUT2D eigenvalue weighted by atomic mass is 10.2. The topological polar surface area (TPSA) is 61.9 Å². The number of nitrogens with zero attached hydrogens (tertiary/aromatic N) is 2. The van der Waals surface area contributed by atoms with Gasteiger partial charge in [0, 0.05) is 24.1 Å². The molecule has 0 bridgehead atoms. The minimum absolute atomic E-state index is 0. The molecule has 0 atom stereocenters. The second kappa shape index (κ2) is 7.99. The second-order valence-electron chi connectivity index (χ2n) is 5.36. The largest absolute Gasteiger partial charge is 0.482 e. The van der Waals surface area contributed by atoms with Crippen molar-refractivity contribution >= 4 is 45.8 Å². The van der Waals surface area contributed by atoms with E-state index in [2.05, 4.69) is 21.2 Å². The van der Waals surface area contributed by atoms with Gasteiger partial charge in [-0.25, -0.2) is 0 Å². The summed E-state index contributed by atoms with van der Waals surface area (Å²) in [6, 6.07) is 5.46. The summed E-state index contributed by atoms with van der Waals surface area (Å²) in [6.07, 6.45) is 0.937. The average Bonchev–Trinajstić information content (AvgIpc) is 2.79. The first-order chi connectivity index (χ1) is 10.6. The molecule has 0 unspecified atom stereocenters. The van der Waals surface area contributed by atoms with Crippen LogP contribution in [0.2, 0.25) is 0 Å². The van der Waals surface area contributed by atoms with Gasteiger partial charge in [0.05, 0.1) is 5.69 Å². The van der Waals surface area contributed by atoms with Crippen molar-refractivity contribution in [2.24, 2.45) is 0 Å². The van der Waals surface area contributed by atoms with Gasteiger partial charge < -0.3 is 15.0 Å². The molecule has 2 heterocycles. The molecule has 1 fully saturated rings. The summed E-state index contributed by atoms with van der Waals surface area (Å²) in [5.41, 5.74) is 0.653. The van der Waals surface area contributed by atoms with Crippen LogP contribution in [0.1, 0.15) is 6.42 Å². The van der Waals surface area contributed by atoms with Crippen LogP contribution in [-0.2, 0) is 9.59 Å². The molecule has 1 aromatic rings. The van der Waals surface area contributed by atoms with E-state index in [1.165, 1.54) is 4.90 Å². The minimum Gasteiger partial charge on any atom is -0.482 e. The molecule has 0 aliphatic carbocycles. The molecule has 0 aromatic heterocycles. The number of fused-ring (bicyclic) bond motifs is 1. The summed E-state index contributed by atoms with van der Waals surface area (Å²) >= 11 is 3.38. The smallest absolute Gasteiger partial charge is 0.265 e. The maximum atomic E-state index is 12.5. The Labute approximate surface area is 149 Å². The number of rotatable bonds is 2. The number of benzene rings is 1.